The summed E-state index contributed by atoms with van der Waals surface area (Å²) >= 11 is 0. The van der Waals surface area contributed by atoms with Crippen LogP contribution in [0.15, 0.2) is 18.2 Å². The number of hydrogen-bond donors (Lipinski definition) is 4. The third kappa shape index (κ3) is 16.7. The summed E-state index contributed by atoms with van der Waals surface area (Å²) in [5.74, 6) is 3.21. The Kier molecular flexibility index (Phi) is 28.3. The van der Waals surface area contributed by atoms with E-state index in [4.69, 9.17) is 6.42 Å². The predicted octanol–water partition coefficient (Wildman–Crippen LogP) is -13.3. The van der Waals surface area contributed by atoms with E-state index in [0.717, 1.165) is 56.9 Å². The lowest BCUT2D eigenvalue weighted by Gasteiger charge is -2.08. The highest BCUT2D eigenvalue weighted by atomic mass is 35.5. The molecule has 1 aromatic carbocycles. The zero-order valence-electron chi connectivity index (χ0n) is 20.1. The molecule has 0 spiro atoms. The number of hydrogen-bond acceptors (Lipinski definition) is 2. The number of rotatable bonds is 16. The highest BCUT2D eigenvalue weighted by Gasteiger charge is 2.16. The number of ketones is 2. The largest absolute Gasteiger partial charge is 1.00 e. The lowest BCUT2D eigenvalue weighted by atomic mass is 9.97. The molecule has 0 fully saturated rings. The predicted molar refractivity (Wildman–Crippen MR) is 118 cm³/mol. The van der Waals surface area contributed by atoms with Gasteiger partial charge in [0.2, 0.25) is 0 Å². The number of Topliss-reactive ketones (excluding diaryl/α,β-unsaturated/α-hetero) is 2. The maximum atomic E-state index is 11.8. The fourth-order valence-corrected chi connectivity index (χ4v) is 3.48. The molecule has 0 saturated heterocycles. The Morgan fingerprint density at radius 1 is 0.706 bits per heavy atom. The van der Waals surface area contributed by atoms with Gasteiger partial charge in [-0.1, -0.05) is 24.8 Å². The van der Waals surface area contributed by atoms with Crippen molar-refractivity contribution in [3.05, 3.63) is 34.9 Å². The monoisotopic (exact) mass is 558 g/mol. The van der Waals surface area contributed by atoms with Gasteiger partial charge in [0.15, 0.2) is 23.7 Å². The molecule has 6 nitrogen and oxygen atoms in total. The Morgan fingerprint density at radius 3 is 1.41 bits per heavy atom. The van der Waals surface area contributed by atoms with Crippen LogP contribution in [0.3, 0.4) is 0 Å². The molecule has 0 radical (unpaired) electrons. The number of aryl methyl sites for hydroxylation is 2. The molecule has 0 amide bonds. The van der Waals surface area contributed by atoms with E-state index >= 15 is 0 Å². The standard InChI is InChI=1S/C24H38N4O2.4ClH/c1-2-18-13-19(9-5-3-7-11-23(29)21(27)16-25)15-20(14-18)10-6-4-8-12-24(30)22(28)17-26;;;;/h1,13-15,21-22H,3-12,16-17,25-28H2;4*1H. The quantitative estimate of drug-likeness (QED) is 0.118. The van der Waals surface area contributed by atoms with Crippen molar-refractivity contribution in [2.75, 3.05) is 13.1 Å². The highest BCUT2D eigenvalue weighted by molar-refractivity contribution is 5.82. The summed E-state index contributed by atoms with van der Waals surface area (Å²) < 4.78 is 0. The summed E-state index contributed by atoms with van der Waals surface area (Å²) in [7, 11) is 0. The van der Waals surface area contributed by atoms with E-state index in [-0.39, 0.29) is 73.3 Å². The van der Waals surface area contributed by atoms with Crippen molar-refractivity contribution in [1.29, 1.82) is 0 Å². The summed E-state index contributed by atoms with van der Waals surface area (Å²) in [6.45, 7) is 1.15. The van der Waals surface area contributed by atoms with Crippen LogP contribution in [0.1, 0.15) is 68.1 Å². The van der Waals surface area contributed by atoms with Gasteiger partial charge < -0.3 is 72.6 Å². The van der Waals surface area contributed by atoms with Crippen molar-refractivity contribution in [2.24, 2.45) is 0 Å². The fraction of sp³-hybridized carbons (Fsp3) is 0.583. The second-order valence-electron chi connectivity index (χ2n) is 8.21. The van der Waals surface area contributed by atoms with Crippen LogP contribution in [0, 0.1) is 12.3 Å². The minimum Gasteiger partial charge on any atom is -1.00 e. The molecule has 0 heterocycles. The summed E-state index contributed by atoms with van der Waals surface area (Å²) in [5, 5.41) is 0. The number of halogens is 4. The zero-order valence-corrected chi connectivity index (χ0v) is 23.1. The Labute approximate surface area is 229 Å². The van der Waals surface area contributed by atoms with Crippen molar-refractivity contribution in [3.8, 4) is 12.3 Å². The molecule has 34 heavy (non-hydrogen) atoms. The lowest BCUT2D eigenvalue weighted by molar-refractivity contribution is -0.479. The number of benzene rings is 1. The molecule has 0 bridgehead atoms. The molecular formula is C24H42Cl4N4O2. The number of carbonyl (C=O) groups is 2. The van der Waals surface area contributed by atoms with E-state index in [0.29, 0.717) is 25.9 Å². The first-order chi connectivity index (χ1) is 14.4. The van der Waals surface area contributed by atoms with Gasteiger partial charge in [0.25, 0.3) is 0 Å². The normalized spacial score (nSPS) is 11.4. The summed E-state index contributed by atoms with van der Waals surface area (Å²) in [5.41, 5.74) is 18.6. The summed E-state index contributed by atoms with van der Waals surface area (Å²) in [6.07, 6.45) is 14.8. The van der Waals surface area contributed by atoms with Gasteiger partial charge in [-0.3, -0.25) is 9.59 Å². The second-order valence-corrected chi connectivity index (χ2v) is 8.21. The number of terminal acetylenes is 1. The Hall–Kier alpha value is -0.880. The topological polar surface area (TPSA) is 145 Å². The molecule has 1 aromatic rings. The average Bonchev–Trinajstić information content (AvgIpc) is 2.76. The average molecular weight is 560 g/mol. The van der Waals surface area contributed by atoms with Crippen LogP contribution >= 0.6 is 0 Å². The Morgan fingerprint density at radius 2 is 1.09 bits per heavy atom. The Bertz CT molecular complexity index is 679. The van der Waals surface area contributed by atoms with E-state index in [9.17, 15) is 9.59 Å². The minimum atomic E-state index is -0.165. The van der Waals surface area contributed by atoms with Crippen LogP contribution in [0.5, 0.6) is 0 Å². The van der Waals surface area contributed by atoms with E-state index in [1.54, 1.807) is 0 Å². The van der Waals surface area contributed by atoms with Crippen molar-refractivity contribution < 1.29 is 82.2 Å². The first-order valence-corrected chi connectivity index (χ1v) is 11.3. The first kappa shape index (κ1) is 40.3. The molecule has 0 aliphatic rings. The van der Waals surface area contributed by atoms with Gasteiger partial charge in [0.1, 0.15) is 13.1 Å². The molecule has 198 valence electrons. The van der Waals surface area contributed by atoms with Crippen LogP contribution in [0.2, 0.25) is 0 Å². The van der Waals surface area contributed by atoms with Crippen LogP contribution in [0.25, 0.3) is 0 Å². The van der Waals surface area contributed by atoms with E-state index < -0.39 is 0 Å². The van der Waals surface area contributed by atoms with Gasteiger partial charge in [0.05, 0.1) is 0 Å². The van der Waals surface area contributed by atoms with Gasteiger partial charge in [-0.15, -0.1) is 6.42 Å². The van der Waals surface area contributed by atoms with Crippen LogP contribution in [-0.2, 0) is 22.4 Å². The summed E-state index contributed by atoms with van der Waals surface area (Å²) in [6, 6.07) is 6.11. The van der Waals surface area contributed by atoms with Gasteiger partial charge in [-0.25, -0.2) is 0 Å². The smallest absolute Gasteiger partial charge is 0.195 e. The minimum absolute atomic E-state index is 0. The molecule has 0 aliphatic carbocycles. The van der Waals surface area contributed by atoms with Crippen molar-refractivity contribution in [2.45, 2.75) is 76.3 Å². The molecular weight excluding hydrogens is 518 g/mol. The highest BCUT2D eigenvalue weighted by Crippen LogP contribution is 2.16. The SMILES string of the molecule is C#Cc1cc(CCCCCC(=O)C([NH3+])C[NH3+])cc(CCCCCC(=O)C([NH3+])C[NH3+])c1.[Cl-].[Cl-].[Cl-].[Cl-]. The summed E-state index contributed by atoms with van der Waals surface area (Å²) in [4.78, 5) is 23.6. The van der Waals surface area contributed by atoms with Gasteiger partial charge in [-0.05, 0) is 61.8 Å². The van der Waals surface area contributed by atoms with Gasteiger partial charge in [0, 0.05) is 18.4 Å². The van der Waals surface area contributed by atoms with Gasteiger partial charge in [-0.2, -0.15) is 0 Å². The third-order valence-corrected chi connectivity index (χ3v) is 5.60. The number of carbonyl (C=O) groups excluding carboxylic acids is 2. The maximum absolute atomic E-state index is 11.8. The van der Waals surface area contributed by atoms with Crippen molar-refractivity contribution >= 4 is 11.6 Å². The molecule has 2 unspecified atom stereocenters. The third-order valence-electron chi connectivity index (χ3n) is 5.60. The molecule has 0 aromatic heterocycles. The molecule has 1 rings (SSSR count). The van der Waals surface area contributed by atoms with Gasteiger partial charge >= 0.3 is 0 Å². The fourth-order valence-electron chi connectivity index (χ4n) is 3.48. The number of quaternary nitrogens is 4. The number of unbranched alkanes of at least 4 members (excludes halogenated alkanes) is 4. The van der Waals surface area contributed by atoms with Crippen LogP contribution in [0.4, 0.5) is 0 Å². The van der Waals surface area contributed by atoms with E-state index in [1.807, 2.05) is 0 Å². The molecule has 0 aliphatic heterocycles. The first-order valence-electron chi connectivity index (χ1n) is 11.3. The molecule has 2 atom stereocenters. The Balaban J connectivity index is -0.00000112. The van der Waals surface area contributed by atoms with E-state index in [2.05, 4.69) is 47.1 Å². The van der Waals surface area contributed by atoms with Crippen LogP contribution in [-0.4, -0.2) is 36.7 Å². The lowest BCUT2D eigenvalue weighted by Crippen LogP contribution is -3.00. The van der Waals surface area contributed by atoms with E-state index in [1.165, 1.54) is 11.1 Å². The van der Waals surface area contributed by atoms with Crippen LogP contribution < -0.4 is 72.6 Å². The molecule has 0 saturated carbocycles. The van der Waals surface area contributed by atoms with Crippen molar-refractivity contribution in [1.82, 2.24) is 0 Å². The van der Waals surface area contributed by atoms with Crippen molar-refractivity contribution in [3.63, 3.8) is 0 Å². The molecule has 12 N–H and O–H groups in total. The second kappa shape index (κ2) is 23.8. The zero-order chi connectivity index (χ0) is 22.4. The maximum Gasteiger partial charge on any atom is 0.195 e. The molecule has 10 heteroatoms.